The molecule has 0 fully saturated rings. The van der Waals surface area contributed by atoms with Gasteiger partial charge in [-0.1, -0.05) is 26.0 Å². The molecule has 0 bridgehead atoms. The average Bonchev–Trinajstić information content (AvgIpc) is 2.40. The third kappa shape index (κ3) is 8.08. The molecule has 0 heterocycles. The van der Waals surface area contributed by atoms with Gasteiger partial charge >= 0.3 is 0 Å². The van der Waals surface area contributed by atoms with Crippen LogP contribution in [0.3, 0.4) is 0 Å². The highest BCUT2D eigenvalue weighted by Gasteiger charge is 2.16. The molecule has 0 aliphatic heterocycles. The van der Waals surface area contributed by atoms with Gasteiger partial charge in [-0.3, -0.25) is 0 Å². The Morgan fingerprint density at radius 3 is 2.38 bits per heavy atom. The summed E-state index contributed by atoms with van der Waals surface area (Å²) in [5, 5.41) is 3.44. The molecule has 21 heavy (non-hydrogen) atoms. The summed E-state index contributed by atoms with van der Waals surface area (Å²) in [5.41, 5.74) is 1.15. The SMILES string of the molecule is CCOC(C)(C)CNCc1ccc(OCCC(C)C)cc1. The maximum absolute atomic E-state index is 5.72. The summed E-state index contributed by atoms with van der Waals surface area (Å²) < 4.78 is 11.4. The average molecular weight is 293 g/mol. The van der Waals surface area contributed by atoms with Crippen LogP contribution in [0.5, 0.6) is 5.75 Å². The topological polar surface area (TPSA) is 30.5 Å². The van der Waals surface area contributed by atoms with E-state index >= 15 is 0 Å². The van der Waals surface area contributed by atoms with E-state index < -0.39 is 0 Å². The van der Waals surface area contributed by atoms with E-state index in [0.717, 1.165) is 38.5 Å². The molecule has 0 unspecified atom stereocenters. The van der Waals surface area contributed by atoms with Crippen LogP contribution >= 0.6 is 0 Å². The zero-order chi connectivity index (χ0) is 15.7. The van der Waals surface area contributed by atoms with Gasteiger partial charge < -0.3 is 14.8 Å². The molecule has 0 saturated heterocycles. The van der Waals surface area contributed by atoms with Crippen LogP contribution < -0.4 is 10.1 Å². The van der Waals surface area contributed by atoms with Crippen molar-refractivity contribution in [2.24, 2.45) is 5.92 Å². The highest BCUT2D eigenvalue weighted by Crippen LogP contribution is 2.14. The lowest BCUT2D eigenvalue weighted by Crippen LogP contribution is -2.37. The van der Waals surface area contributed by atoms with E-state index in [1.807, 2.05) is 19.1 Å². The van der Waals surface area contributed by atoms with Crippen molar-refractivity contribution in [3.63, 3.8) is 0 Å². The van der Waals surface area contributed by atoms with Gasteiger partial charge in [-0.15, -0.1) is 0 Å². The van der Waals surface area contributed by atoms with E-state index in [4.69, 9.17) is 9.47 Å². The van der Waals surface area contributed by atoms with E-state index in [-0.39, 0.29) is 5.60 Å². The van der Waals surface area contributed by atoms with Crippen molar-refractivity contribution in [1.29, 1.82) is 0 Å². The Morgan fingerprint density at radius 2 is 1.81 bits per heavy atom. The van der Waals surface area contributed by atoms with E-state index in [1.165, 1.54) is 5.56 Å². The first kappa shape index (κ1) is 18.0. The van der Waals surface area contributed by atoms with Crippen molar-refractivity contribution in [1.82, 2.24) is 5.32 Å². The fourth-order valence-corrected chi connectivity index (χ4v) is 2.07. The van der Waals surface area contributed by atoms with Crippen LogP contribution in [0.15, 0.2) is 24.3 Å². The van der Waals surface area contributed by atoms with Gasteiger partial charge in [-0.05, 0) is 50.8 Å². The smallest absolute Gasteiger partial charge is 0.119 e. The first-order valence-corrected chi connectivity index (χ1v) is 7.99. The third-order valence-corrected chi connectivity index (χ3v) is 3.30. The molecule has 0 aliphatic rings. The Kier molecular flexibility index (Phi) is 7.76. The highest BCUT2D eigenvalue weighted by atomic mass is 16.5. The van der Waals surface area contributed by atoms with Crippen molar-refractivity contribution in [3.8, 4) is 5.75 Å². The second kappa shape index (κ2) is 9.06. The molecule has 0 amide bonds. The van der Waals surface area contributed by atoms with Gasteiger partial charge in [0.1, 0.15) is 5.75 Å². The van der Waals surface area contributed by atoms with Gasteiger partial charge in [-0.2, -0.15) is 0 Å². The van der Waals surface area contributed by atoms with Crippen molar-refractivity contribution in [3.05, 3.63) is 29.8 Å². The summed E-state index contributed by atoms with van der Waals surface area (Å²) in [4.78, 5) is 0. The second-order valence-corrected chi connectivity index (χ2v) is 6.47. The Labute approximate surface area is 130 Å². The normalized spacial score (nSPS) is 11.9. The first-order chi connectivity index (χ1) is 9.93. The fourth-order valence-electron chi connectivity index (χ4n) is 2.07. The molecule has 0 aromatic heterocycles. The molecular formula is C18H31NO2. The minimum atomic E-state index is -0.116. The van der Waals surface area contributed by atoms with Crippen LogP contribution in [0.2, 0.25) is 0 Å². The lowest BCUT2D eigenvalue weighted by atomic mass is 10.1. The molecule has 0 saturated carbocycles. The van der Waals surface area contributed by atoms with Crippen LogP contribution in [-0.2, 0) is 11.3 Å². The molecule has 3 heteroatoms. The fraction of sp³-hybridized carbons (Fsp3) is 0.667. The maximum atomic E-state index is 5.72. The molecule has 0 atom stereocenters. The lowest BCUT2D eigenvalue weighted by Gasteiger charge is -2.25. The van der Waals surface area contributed by atoms with Crippen molar-refractivity contribution in [2.75, 3.05) is 19.8 Å². The second-order valence-electron chi connectivity index (χ2n) is 6.47. The van der Waals surface area contributed by atoms with E-state index in [2.05, 4.69) is 45.1 Å². The molecule has 0 radical (unpaired) electrons. The number of rotatable bonds is 10. The summed E-state index contributed by atoms with van der Waals surface area (Å²) in [6.45, 7) is 13.9. The molecule has 1 N–H and O–H groups in total. The van der Waals surface area contributed by atoms with Crippen LogP contribution in [0.25, 0.3) is 0 Å². The van der Waals surface area contributed by atoms with Crippen molar-refractivity contribution in [2.45, 2.75) is 53.2 Å². The summed E-state index contributed by atoms with van der Waals surface area (Å²) >= 11 is 0. The van der Waals surface area contributed by atoms with E-state index in [0.29, 0.717) is 5.92 Å². The van der Waals surface area contributed by atoms with Gasteiger partial charge in [-0.25, -0.2) is 0 Å². The maximum Gasteiger partial charge on any atom is 0.119 e. The monoisotopic (exact) mass is 293 g/mol. The van der Waals surface area contributed by atoms with Crippen LogP contribution in [0, 0.1) is 5.92 Å². The highest BCUT2D eigenvalue weighted by molar-refractivity contribution is 5.27. The number of benzene rings is 1. The van der Waals surface area contributed by atoms with Crippen LogP contribution in [0.4, 0.5) is 0 Å². The van der Waals surface area contributed by atoms with E-state index in [9.17, 15) is 0 Å². The Morgan fingerprint density at radius 1 is 1.14 bits per heavy atom. The summed E-state index contributed by atoms with van der Waals surface area (Å²) in [6, 6.07) is 8.33. The zero-order valence-corrected chi connectivity index (χ0v) is 14.2. The van der Waals surface area contributed by atoms with Crippen molar-refractivity contribution < 1.29 is 9.47 Å². The largest absolute Gasteiger partial charge is 0.494 e. The predicted octanol–water partition coefficient (Wildman–Crippen LogP) is 4.02. The zero-order valence-electron chi connectivity index (χ0n) is 14.2. The van der Waals surface area contributed by atoms with E-state index in [1.54, 1.807) is 0 Å². The van der Waals surface area contributed by atoms with Gasteiger partial charge in [0.2, 0.25) is 0 Å². The lowest BCUT2D eigenvalue weighted by molar-refractivity contribution is -0.00897. The molecule has 120 valence electrons. The predicted molar refractivity (Wildman–Crippen MR) is 88.8 cm³/mol. The number of hydrogen-bond donors (Lipinski definition) is 1. The molecule has 1 aromatic rings. The Bertz CT molecular complexity index is 385. The van der Waals surface area contributed by atoms with Gasteiger partial charge in [0.15, 0.2) is 0 Å². The quantitative estimate of drug-likeness (QED) is 0.707. The summed E-state index contributed by atoms with van der Waals surface area (Å²) in [6.07, 6.45) is 1.09. The van der Waals surface area contributed by atoms with Crippen LogP contribution in [-0.4, -0.2) is 25.4 Å². The Hall–Kier alpha value is -1.06. The molecule has 3 nitrogen and oxygen atoms in total. The standard InChI is InChI=1S/C18H31NO2/c1-6-21-18(4,5)14-19-13-16-7-9-17(10-8-16)20-12-11-15(2)3/h7-10,15,19H,6,11-14H2,1-5H3. The molecule has 1 rings (SSSR count). The van der Waals surface area contributed by atoms with Crippen LogP contribution in [0.1, 0.15) is 46.6 Å². The minimum Gasteiger partial charge on any atom is -0.494 e. The van der Waals surface area contributed by atoms with Gasteiger partial charge in [0.25, 0.3) is 0 Å². The van der Waals surface area contributed by atoms with Gasteiger partial charge in [0.05, 0.1) is 12.2 Å². The number of ether oxygens (including phenoxy) is 2. The third-order valence-electron chi connectivity index (χ3n) is 3.30. The van der Waals surface area contributed by atoms with Gasteiger partial charge in [0, 0.05) is 19.7 Å². The summed E-state index contributed by atoms with van der Waals surface area (Å²) in [5.74, 6) is 1.64. The van der Waals surface area contributed by atoms with Crippen molar-refractivity contribution >= 4 is 0 Å². The minimum absolute atomic E-state index is 0.116. The summed E-state index contributed by atoms with van der Waals surface area (Å²) in [7, 11) is 0. The number of nitrogens with one attached hydrogen (secondary N) is 1. The Balaban J connectivity index is 2.31. The molecule has 0 aliphatic carbocycles. The first-order valence-electron chi connectivity index (χ1n) is 7.99. The molecule has 0 spiro atoms. The molecular weight excluding hydrogens is 262 g/mol. The molecule has 1 aromatic carbocycles. The number of hydrogen-bond acceptors (Lipinski definition) is 3.